The van der Waals surface area contributed by atoms with E-state index in [1.165, 1.54) is 0 Å². The standard InChI is InChI=1S/C11H21NO3/c1-8(2)9(14)11(3,4)10(15)12-6-5-7-13/h8,13H,5-7H2,1-4H3,(H,12,15). The maximum atomic E-state index is 11.7. The van der Waals surface area contributed by atoms with E-state index in [2.05, 4.69) is 5.32 Å². The van der Waals surface area contributed by atoms with Gasteiger partial charge in [0.05, 0.1) is 0 Å². The molecule has 0 fully saturated rings. The van der Waals surface area contributed by atoms with Crippen LogP contribution in [0.25, 0.3) is 0 Å². The second-order valence-corrected chi connectivity index (χ2v) is 4.48. The molecule has 88 valence electrons. The smallest absolute Gasteiger partial charge is 0.233 e. The topological polar surface area (TPSA) is 66.4 Å². The summed E-state index contributed by atoms with van der Waals surface area (Å²) in [5.41, 5.74) is -0.983. The summed E-state index contributed by atoms with van der Waals surface area (Å²) in [5, 5.41) is 11.2. The number of nitrogens with one attached hydrogen (secondary N) is 1. The Morgan fingerprint density at radius 2 is 1.87 bits per heavy atom. The van der Waals surface area contributed by atoms with Gasteiger partial charge in [-0.2, -0.15) is 0 Å². The summed E-state index contributed by atoms with van der Waals surface area (Å²) < 4.78 is 0. The highest BCUT2D eigenvalue weighted by molar-refractivity contribution is 6.05. The van der Waals surface area contributed by atoms with Crippen LogP contribution in [0.2, 0.25) is 0 Å². The zero-order valence-corrected chi connectivity index (χ0v) is 9.96. The van der Waals surface area contributed by atoms with Crippen LogP contribution < -0.4 is 5.32 Å². The molecule has 0 aromatic heterocycles. The second-order valence-electron chi connectivity index (χ2n) is 4.48. The van der Waals surface area contributed by atoms with E-state index in [4.69, 9.17) is 5.11 Å². The molecule has 0 aliphatic carbocycles. The SMILES string of the molecule is CC(C)C(=O)C(C)(C)C(=O)NCCCO. The molecule has 2 N–H and O–H groups in total. The Bertz CT molecular complexity index is 234. The van der Waals surface area contributed by atoms with Crippen LogP contribution in [0, 0.1) is 11.3 Å². The highest BCUT2D eigenvalue weighted by Crippen LogP contribution is 2.21. The molecule has 0 atom stereocenters. The molecule has 0 spiro atoms. The van der Waals surface area contributed by atoms with Crippen molar-refractivity contribution in [3.8, 4) is 0 Å². The Balaban J connectivity index is 4.32. The lowest BCUT2D eigenvalue weighted by atomic mass is 9.81. The van der Waals surface area contributed by atoms with E-state index in [0.29, 0.717) is 13.0 Å². The molecule has 4 heteroatoms. The van der Waals surface area contributed by atoms with Gasteiger partial charge < -0.3 is 10.4 Å². The number of aliphatic hydroxyl groups is 1. The Labute approximate surface area is 91.1 Å². The van der Waals surface area contributed by atoms with Crippen LogP contribution in [0.5, 0.6) is 0 Å². The van der Waals surface area contributed by atoms with Gasteiger partial charge in [0.15, 0.2) is 0 Å². The van der Waals surface area contributed by atoms with E-state index in [0.717, 1.165) is 0 Å². The van der Waals surface area contributed by atoms with E-state index in [9.17, 15) is 9.59 Å². The molecular weight excluding hydrogens is 194 g/mol. The molecule has 0 unspecified atom stereocenters. The number of Topliss-reactive ketones (excluding diaryl/α,β-unsaturated/α-hetero) is 1. The molecule has 4 nitrogen and oxygen atoms in total. The average molecular weight is 215 g/mol. The Kier molecular flexibility index (Phi) is 5.50. The predicted octanol–water partition coefficient (Wildman–Crippen LogP) is 0.736. The first-order valence-electron chi connectivity index (χ1n) is 5.27. The summed E-state index contributed by atoms with van der Waals surface area (Å²) in [5.74, 6) is -0.484. The highest BCUT2D eigenvalue weighted by Gasteiger charge is 2.36. The summed E-state index contributed by atoms with van der Waals surface area (Å²) >= 11 is 0. The normalized spacial score (nSPS) is 11.6. The summed E-state index contributed by atoms with van der Waals surface area (Å²) in [6.07, 6.45) is 0.512. The zero-order valence-electron chi connectivity index (χ0n) is 9.96. The number of aliphatic hydroxyl groups excluding tert-OH is 1. The second kappa shape index (κ2) is 5.85. The van der Waals surface area contributed by atoms with E-state index >= 15 is 0 Å². The largest absolute Gasteiger partial charge is 0.396 e. The van der Waals surface area contributed by atoms with Crippen LogP contribution in [-0.2, 0) is 9.59 Å². The third-order valence-electron chi connectivity index (χ3n) is 2.33. The van der Waals surface area contributed by atoms with Crippen molar-refractivity contribution in [1.29, 1.82) is 0 Å². The summed E-state index contributed by atoms with van der Waals surface area (Å²) in [4.78, 5) is 23.4. The van der Waals surface area contributed by atoms with Gasteiger partial charge in [-0.1, -0.05) is 13.8 Å². The van der Waals surface area contributed by atoms with Gasteiger partial charge >= 0.3 is 0 Å². The molecule has 0 heterocycles. The van der Waals surface area contributed by atoms with Crippen molar-refractivity contribution in [2.75, 3.05) is 13.2 Å². The minimum absolute atomic E-state index is 0.0405. The number of amides is 1. The van der Waals surface area contributed by atoms with Gasteiger partial charge in [0.1, 0.15) is 11.2 Å². The van der Waals surface area contributed by atoms with Crippen LogP contribution in [0.4, 0.5) is 0 Å². The van der Waals surface area contributed by atoms with E-state index in [-0.39, 0.29) is 24.2 Å². The fraction of sp³-hybridized carbons (Fsp3) is 0.818. The molecule has 0 aliphatic heterocycles. The summed E-state index contributed by atoms with van der Waals surface area (Å²) in [6, 6.07) is 0. The molecular formula is C11H21NO3. The zero-order chi connectivity index (χ0) is 12.1. The molecule has 0 aromatic carbocycles. The highest BCUT2D eigenvalue weighted by atomic mass is 16.3. The van der Waals surface area contributed by atoms with Crippen LogP contribution >= 0.6 is 0 Å². The van der Waals surface area contributed by atoms with Crippen LogP contribution in [-0.4, -0.2) is 29.9 Å². The van der Waals surface area contributed by atoms with Gasteiger partial charge in [0, 0.05) is 19.1 Å². The van der Waals surface area contributed by atoms with Crippen LogP contribution in [0.15, 0.2) is 0 Å². The van der Waals surface area contributed by atoms with Crippen molar-refractivity contribution in [3.05, 3.63) is 0 Å². The van der Waals surface area contributed by atoms with Crippen LogP contribution in [0.1, 0.15) is 34.1 Å². The molecule has 0 bridgehead atoms. The first-order valence-corrected chi connectivity index (χ1v) is 5.27. The summed E-state index contributed by atoms with van der Waals surface area (Å²) in [7, 11) is 0. The van der Waals surface area contributed by atoms with Gasteiger partial charge in [0.25, 0.3) is 0 Å². The monoisotopic (exact) mass is 215 g/mol. The minimum Gasteiger partial charge on any atom is -0.396 e. The fourth-order valence-electron chi connectivity index (χ4n) is 1.34. The van der Waals surface area contributed by atoms with Gasteiger partial charge in [-0.3, -0.25) is 9.59 Å². The van der Waals surface area contributed by atoms with E-state index in [1.807, 2.05) is 0 Å². The van der Waals surface area contributed by atoms with Crippen molar-refractivity contribution in [3.63, 3.8) is 0 Å². The molecule has 0 radical (unpaired) electrons. The average Bonchev–Trinajstić information content (AvgIpc) is 2.16. The first-order chi connectivity index (χ1) is 6.84. The fourth-order valence-corrected chi connectivity index (χ4v) is 1.34. The Morgan fingerprint density at radius 1 is 1.33 bits per heavy atom. The maximum Gasteiger partial charge on any atom is 0.233 e. The lowest BCUT2D eigenvalue weighted by Gasteiger charge is -2.23. The molecule has 1 amide bonds. The number of rotatable bonds is 6. The maximum absolute atomic E-state index is 11.7. The minimum atomic E-state index is -0.983. The molecule has 0 saturated carbocycles. The van der Waals surface area contributed by atoms with E-state index < -0.39 is 5.41 Å². The molecule has 0 rings (SSSR count). The van der Waals surface area contributed by atoms with Crippen molar-refractivity contribution in [1.82, 2.24) is 5.32 Å². The van der Waals surface area contributed by atoms with Crippen molar-refractivity contribution >= 4 is 11.7 Å². The lowest BCUT2D eigenvalue weighted by Crippen LogP contribution is -2.44. The van der Waals surface area contributed by atoms with Gasteiger partial charge in [0.2, 0.25) is 5.91 Å². The van der Waals surface area contributed by atoms with Crippen molar-refractivity contribution in [2.24, 2.45) is 11.3 Å². The molecule has 0 aliphatic rings. The Morgan fingerprint density at radius 3 is 2.27 bits per heavy atom. The number of hydrogen-bond acceptors (Lipinski definition) is 3. The molecule has 0 aromatic rings. The number of carbonyl (C=O) groups excluding carboxylic acids is 2. The Hall–Kier alpha value is -0.900. The van der Waals surface area contributed by atoms with Crippen LogP contribution in [0.3, 0.4) is 0 Å². The predicted molar refractivity (Wildman–Crippen MR) is 58.3 cm³/mol. The number of carbonyl (C=O) groups is 2. The van der Waals surface area contributed by atoms with Gasteiger partial charge in [-0.15, -0.1) is 0 Å². The molecule has 15 heavy (non-hydrogen) atoms. The first kappa shape index (κ1) is 14.1. The number of ketones is 1. The van der Waals surface area contributed by atoms with E-state index in [1.54, 1.807) is 27.7 Å². The number of hydrogen-bond donors (Lipinski definition) is 2. The molecule has 0 saturated heterocycles. The van der Waals surface area contributed by atoms with Gasteiger partial charge in [-0.05, 0) is 20.3 Å². The third kappa shape index (κ3) is 4.00. The summed E-state index contributed by atoms with van der Waals surface area (Å²) in [6.45, 7) is 7.27. The lowest BCUT2D eigenvalue weighted by molar-refractivity contribution is -0.141. The van der Waals surface area contributed by atoms with Crippen molar-refractivity contribution < 1.29 is 14.7 Å². The quantitative estimate of drug-likeness (QED) is 0.507. The third-order valence-corrected chi connectivity index (χ3v) is 2.33. The van der Waals surface area contributed by atoms with Gasteiger partial charge in [-0.25, -0.2) is 0 Å². The van der Waals surface area contributed by atoms with Crippen molar-refractivity contribution in [2.45, 2.75) is 34.1 Å².